The topological polar surface area (TPSA) is 21.3 Å². The molecule has 14 heavy (non-hydrogen) atoms. The van der Waals surface area contributed by atoms with Crippen LogP contribution in [0, 0.1) is 5.92 Å². The van der Waals surface area contributed by atoms with E-state index in [1.807, 2.05) is 0 Å². The molecule has 0 aromatic heterocycles. The van der Waals surface area contributed by atoms with Crippen LogP contribution in [0.2, 0.25) is 0 Å². The van der Waals surface area contributed by atoms with Crippen LogP contribution in [-0.4, -0.2) is 32.5 Å². The van der Waals surface area contributed by atoms with Gasteiger partial charge in [0, 0.05) is 19.8 Å². The van der Waals surface area contributed by atoms with E-state index in [1.54, 1.807) is 0 Å². The minimum Gasteiger partial charge on any atom is -0.381 e. The molecule has 1 N–H and O–H groups in total. The lowest BCUT2D eigenvalue weighted by Gasteiger charge is -2.22. The number of hydrogen-bond acceptors (Lipinski definition) is 2. The summed E-state index contributed by atoms with van der Waals surface area (Å²) in [6, 6.07) is 0. The molecule has 0 saturated carbocycles. The summed E-state index contributed by atoms with van der Waals surface area (Å²) in [6.45, 7) is 2.19. The van der Waals surface area contributed by atoms with Gasteiger partial charge in [-0.05, 0) is 25.3 Å². The SMILES string of the molecule is FC(F)(F)CCNCC1CCOCC1. The third-order valence-corrected chi connectivity index (χ3v) is 2.36. The Morgan fingerprint density at radius 3 is 2.43 bits per heavy atom. The number of alkyl halides is 3. The highest BCUT2D eigenvalue weighted by atomic mass is 19.4. The fraction of sp³-hybridized carbons (Fsp3) is 1.00. The second kappa shape index (κ2) is 5.56. The first kappa shape index (κ1) is 11.8. The summed E-state index contributed by atoms with van der Waals surface area (Å²) in [4.78, 5) is 0. The van der Waals surface area contributed by atoms with Crippen LogP contribution in [-0.2, 0) is 4.74 Å². The van der Waals surface area contributed by atoms with Crippen LogP contribution < -0.4 is 5.32 Å². The van der Waals surface area contributed by atoms with E-state index in [4.69, 9.17) is 4.74 Å². The largest absolute Gasteiger partial charge is 0.390 e. The van der Waals surface area contributed by atoms with Gasteiger partial charge in [0.15, 0.2) is 0 Å². The van der Waals surface area contributed by atoms with Gasteiger partial charge in [-0.25, -0.2) is 0 Å². The van der Waals surface area contributed by atoms with Crippen LogP contribution >= 0.6 is 0 Å². The van der Waals surface area contributed by atoms with Gasteiger partial charge < -0.3 is 10.1 Å². The third kappa shape index (κ3) is 5.44. The highest BCUT2D eigenvalue weighted by Crippen LogP contribution is 2.18. The molecule has 84 valence electrons. The molecule has 1 saturated heterocycles. The number of ether oxygens (including phenoxy) is 1. The van der Waals surface area contributed by atoms with Crippen LogP contribution in [0.15, 0.2) is 0 Å². The van der Waals surface area contributed by atoms with E-state index < -0.39 is 12.6 Å². The molecular weight excluding hydrogens is 195 g/mol. The lowest BCUT2D eigenvalue weighted by Crippen LogP contribution is -2.30. The second-order valence-corrected chi connectivity index (χ2v) is 3.63. The average Bonchev–Trinajstić information content (AvgIpc) is 2.13. The zero-order valence-electron chi connectivity index (χ0n) is 8.07. The molecule has 0 atom stereocenters. The van der Waals surface area contributed by atoms with E-state index in [1.165, 1.54) is 0 Å². The van der Waals surface area contributed by atoms with Crippen molar-refractivity contribution in [3.05, 3.63) is 0 Å². The number of rotatable bonds is 4. The predicted octanol–water partition coefficient (Wildman–Crippen LogP) is 1.95. The summed E-state index contributed by atoms with van der Waals surface area (Å²) in [5, 5.41) is 2.84. The van der Waals surface area contributed by atoms with Gasteiger partial charge in [-0.3, -0.25) is 0 Å². The smallest absolute Gasteiger partial charge is 0.381 e. The van der Waals surface area contributed by atoms with Crippen molar-refractivity contribution in [3.63, 3.8) is 0 Å². The van der Waals surface area contributed by atoms with Crippen molar-refractivity contribution in [2.24, 2.45) is 5.92 Å². The molecule has 0 amide bonds. The Hall–Kier alpha value is -0.290. The standard InChI is InChI=1S/C9H16F3NO/c10-9(11,12)3-4-13-7-8-1-5-14-6-2-8/h8,13H,1-7H2. The van der Waals surface area contributed by atoms with E-state index in [0.717, 1.165) is 26.1 Å². The Morgan fingerprint density at radius 1 is 1.21 bits per heavy atom. The quantitative estimate of drug-likeness (QED) is 0.718. The summed E-state index contributed by atoms with van der Waals surface area (Å²) in [5.41, 5.74) is 0. The van der Waals surface area contributed by atoms with Crippen molar-refractivity contribution in [1.82, 2.24) is 5.32 Å². The summed E-state index contributed by atoms with van der Waals surface area (Å²) < 4.78 is 40.4. The van der Waals surface area contributed by atoms with Crippen LogP contribution in [0.5, 0.6) is 0 Å². The molecule has 5 heteroatoms. The number of halogens is 3. The van der Waals surface area contributed by atoms with Crippen molar-refractivity contribution in [3.8, 4) is 0 Å². The average molecular weight is 211 g/mol. The van der Waals surface area contributed by atoms with Gasteiger partial charge in [0.25, 0.3) is 0 Å². The molecule has 0 aromatic rings. The molecule has 2 nitrogen and oxygen atoms in total. The molecule has 0 radical (unpaired) electrons. The lowest BCUT2D eigenvalue weighted by molar-refractivity contribution is -0.133. The maximum Gasteiger partial charge on any atom is 0.390 e. The second-order valence-electron chi connectivity index (χ2n) is 3.63. The highest BCUT2D eigenvalue weighted by Gasteiger charge is 2.26. The lowest BCUT2D eigenvalue weighted by atomic mass is 10.0. The first-order chi connectivity index (χ1) is 6.58. The fourth-order valence-electron chi connectivity index (χ4n) is 1.49. The Morgan fingerprint density at radius 2 is 1.86 bits per heavy atom. The monoisotopic (exact) mass is 211 g/mol. The Labute approximate surface area is 81.8 Å². The van der Waals surface area contributed by atoms with E-state index in [0.29, 0.717) is 12.5 Å². The van der Waals surface area contributed by atoms with E-state index in [9.17, 15) is 13.2 Å². The fourth-order valence-corrected chi connectivity index (χ4v) is 1.49. The maximum atomic E-state index is 11.8. The normalized spacial score (nSPS) is 19.9. The molecular formula is C9H16F3NO. The summed E-state index contributed by atoms with van der Waals surface area (Å²) in [6.07, 6.45) is -2.86. The molecule has 0 unspecified atom stereocenters. The minimum atomic E-state index is -4.04. The molecule has 1 fully saturated rings. The highest BCUT2D eigenvalue weighted by molar-refractivity contribution is 4.66. The zero-order chi connectivity index (χ0) is 10.4. The molecule has 1 rings (SSSR count). The van der Waals surface area contributed by atoms with Crippen LogP contribution in [0.1, 0.15) is 19.3 Å². The van der Waals surface area contributed by atoms with Crippen molar-refractivity contribution in [1.29, 1.82) is 0 Å². The molecule has 1 heterocycles. The van der Waals surface area contributed by atoms with E-state index >= 15 is 0 Å². The Bertz CT molecular complexity index is 155. The van der Waals surface area contributed by atoms with Crippen LogP contribution in [0.4, 0.5) is 13.2 Å². The van der Waals surface area contributed by atoms with Gasteiger partial charge >= 0.3 is 6.18 Å². The van der Waals surface area contributed by atoms with Gasteiger partial charge in [-0.1, -0.05) is 0 Å². The van der Waals surface area contributed by atoms with Gasteiger partial charge in [-0.15, -0.1) is 0 Å². The summed E-state index contributed by atoms with van der Waals surface area (Å²) >= 11 is 0. The van der Waals surface area contributed by atoms with Gasteiger partial charge in [0.05, 0.1) is 6.42 Å². The van der Waals surface area contributed by atoms with Crippen LogP contribution in [0.3, 0.4) is 0 Å². The van der Waals surface area contributed by atoms with Crippen molar-refractivity contribution in [2.75, 3.05) is 26.3 Å². The first-order valence-electron chi connectivity index (χ1n) is 4.93. The molecule has 0 bridgehead atoms. The summed E-state index contributed by atoms with van der Waals surface area (Å²) in [7, 11) is 0. The van der Waals surface area contributed by atoms with Crippen LogP contribution in [0.25, 0.3) is 0 Å². The van der Waals surface area contributed by atoms with Crippen molar-refractivity contribution < 1.29 is 17.9 Å². The minimum absolute atomic E-state index is 0.0286. The molecule has 1 aliphatic rings. The first-order valence-corrected chi connectivity index (χ1v) is 4.93. The number of hydrogen-bond donors (Lipinski definition) is 1. The van der Waals surface area contributed by atoms with Gasteiger partial charge in [-0.2, -0.15) is 13.2 Å². The van der Waals surface area contributed by atoms with Crippen molar-refractivity contribution in [2.45, 2.75) is 25.4 Å². The van der Waals surface area contributed by atoms with Gasteiger partial charge in [0.2, 0.25) is 0 Å². The molecule has 0 spiro atoms. The summed E-state index contributed by atoms with van der Waals surface area (Å²) in [5.74, 6) is 0.483. The maximum absolute atomic E-state index is 11.8. The van der Waals surface area contributed by atoms with Gasteiger partial charge in [0.1, 0.15) is 0 Å². The van der Waals surface area contributed by atoms with E-state index in [2.05, 4.69) is 5.32 Å². The van der Waals surface area contributed by atoms with E-state index in [-0.39, 0.29) is 6.54 Å². The number of nitrogens with one attached hydrogen (secondary N) is 1. The Balaban J connectivity index is 1.97. The third-order valence-electron chi connectivity index (χ3n) is 2.36. The molecule has 1 aliphatic heterocycles. The molecule has 0 aromatic carbocycles. The predicted molar refractivity (Wildman–Crippen MR) is 47.1 cm³/mol. The Kier molecular flexibility index (Phi) is 4.68. The zero-order valence-corrected chi connectivity index (χ0v) is 8.07. The molecule has 0 aliphatic carbocycles. The van der Waals surface area contributed by atoms with Crippen molar-refractivity contribution >= 4 is 0 Å².